The summed E-state index contributed by atoms with van der Waals surface area (Å²) in [6.45, 7) is 5.16. The topological polar surface area (TPSA) is 88.9 Å². The molecule has 0 bridgehead atoms. The number of furan rings is 1. The summed E-state index contributed by atoms with van der Waals surface area (Å²) in [5.41, 5.74) is -0.0649. The molecule has 8 heteroatoms. The van der Waals surface area contributed by atoms with Crippen molar-refractivity contribution < 1.29 is 22.4 Å². The van der Waals surface area contributed by atoms with E-state index in [1.807, 2.05) is 30.3 Å². The van der Waals surface area contributed by atoms with E-state index in [1.54, 1.807) is 52.1 Å². The Morgan fingerprint density at radius 2 is 1.53 bits per heavy atom. The smallest absolute Gasteiger partial charge is 0.293 e. The maximum Gasteiger partial charge on any atom is 0.293 e. The lowest BCUT2D eigenvalue weighted by molar-refractivity contribution is 0.0961. The molecule has 0 fully saturated rings. The third-order valence-electron chi connectivity index (χ3n) is 4.01. The van der Waals surface area contributed by atoms with Gasteiger partial charge in [0.15, 0.2) is 5.76 Å². The second-order valence-electron chi connectivity index (χ2n) is 7.75. The minimum atomic E-state index is -3.86. The Morgan fingerprint density at radius 1 is 0.933 bits per heavy atom. The van der Waals surface area contributed by atoms with Crippen LogP contribution in [0.4, 0.5) is 5.69 Å². The molecular weight excluding hydrogens is 404 g/mol. The SMILES string of the molecule is CN(C(=O)c1ccc(S(=O)(=O)NC(C)(C)C)o1)c1ccc(Oc2ccccc2)cc1. The number of hydrogen-bond acceptors (Lipinski definition) is 5. The van der Waals surface area contributed by atoms with Gasteiger partial charge in [0.1, 0.15) is 11.5 Å². The minimum Gasteiger partial charge on any atom is -0.457 e. The first-order chi connectivity index (χ1) is 14.0. The number of nitrogens with zero attached hydrogens (tertiary/aromatic N) is 1. The summed E-state index contributed by atoms with van der Waals surface area (Å²) < 4.78 is 38.3. The van der Waals surface area contributed by atoms with Crippen molar-refractivity contribution >= 4 is 21.6 Å². The van der Waals surface area contributed by atoms with Crippen molar-refractivity contribution in [2.45, 2.75) is 31.4 Å². The van der Waals surface area contributed by atoms with Gasteiger partial charge in [0.25, 0.3) is 15.9 Å². The van der Waals surface area contributed by atoms with E-state index in [2.05, 4.69) is 4.72 Å². The van der Waals surface area contributed by atoms with Gasteiger partial charge in [-0.2, -0.15) is 0 Å². The zero-order valence-electron chi connectivity index (χ0n) is 17.2. The summed E-state index contributed by atoms with van der Waals surface area (Å²) in [5.74, 6) is 0.800. The largest absolute Gasteiger partial charge is 0.457 e. The third-order valence-corrected chi connectivity index (χ3v) is 5.64. The van der Waals surface area contributed by atoms with E-state index in [4.69, 9.17) is 9.15 Å². The van der Waals surface area contributed by atoms with Crippen LogP contribution in [-0.4, -0.2) is 26.9 Å². The van der Waals surface area contributed by atoms with E-state index in [0.29, 0.717) is 17.2 Å². The molecule has 30 heavy (non-hydrogen) atoms. The zero-order valence-corrected chi connectivity index (χ0v) is 18.1. The molecule has 3 aromatic rings. The van der Waals surface area contributed by atoms with E-state index in [1.165, 1.54) is 17.0 Å². The van der Waals surface area contributed by atoms with Crippen molar-refractivity contribution in [3.8, 4) is 11.5 Å². The second-order valence-corrected chi connectivity index (χ2v) is 9.36. The van der Waals surface area contributed by atoms with Gasteiger partial charge in [-0.3, -0.25) is 4.79 Å². The lowest BCUT2D eigenvalue weighted by atomic mass is 10.1. The van der Waals surface area contributed by atoms with Gasteiger partial charge in [-0.15, -0.1) is 0 Å². The van der Waals surface area contributed by atoms with E-state index < -0.39 is 21.5 Å². The molecule has 3 rings (SSSR count). The molecule has 2 aromatic carbocycles. The summed E-state index contributed by atoms with van der Waals surface area (Å²) in [7, 11) is -2.28. The van der Waals surface area contributed by atoms with Crippen LogP contribution in [0.2, 0.25) is 0 Å². The monoisotopic (exact) mass is 428 g/mol. The molecule has 0 aliphatic carbocycles. The maximum atomic E-state index is 12.7. The number of anilines is 1. The number of hydrogen-bond donors (Lipinski definition) is 1. The highest BCUT2D eigenvalue weighted by molar-refractivity contribution is 7.89. The molecule has 1 amide bonds. The van der Waals surface area contributed by atoms with Crippen LogP contribution in [0.1, 0.15) is 31.3 Å². The van der Waals surface area contributed by atoms with E-state index in [-0.39, 0.29) is 10.9 Å². The van der Waals surface area contributed by atoms with Gasteiger partial charge in [-0.05, 0) is 69.3 Å². The van der Waals surface area contributed by atoms with Gasteiger partial charge in [-0.25, -0.2) is 13.1 Å². The fourth-order valence-electron chi connectivity index (χ4n) is 2.68. The van der Waals surface area contributed by atoms with Crippen molar-refractivity contribution in [3.05, 3.63) is 72.5 Å². The van der Waals surface area contributed by atoms with Crippen LogP contribution in [0.15, 0.2) is 76.2 Å². The normalized spacial score (nSPS) is 11.9. The highest BCUT2D eigenvalue weighted by Crippen LogP contribution is 2.25. The molecule has 0 radical (unpaired) electrons. The Bertz CT molecular complexity index is 1110. The van der Waals surface area contributed by atoms with Crippen LogP contribution in [-0.2, 0) is 10.0 Å². The third kappa shape index (κ3) is 5.28. The average molecular weight is 429 g/mol. The molecule has 1 aromatic heterocycles. The highest BCUT2D eigenvalue weighted by atomic mass is 32.2. The van der Waals surface area contributed by atoms with Crippen molar-refractivity contribution in [3.63, 3.8) is 0 Å². The Morgan fingerprint density at radius 3 is 2.13 bits per heavy atom. The average Bonchev–Trinajstić information content (AvgIpc) is 3.18. The van der Waals surface area contributed by atoms with Crippen LogP contribution in [0, 0.1) is 0 Å². The van der Waals surface area contributed by atoms with Crippen LogP contribution in [0.3, 0.4) is 0 Å². The lowest BCUT2D eigenvalue weighted by Crippen LogP contribution is -2.40. The summed E-state index contributed by atoms with van der Waals surface area (Å²) >= 11 is 0. The predicted octanol–water partition coefficient (Wildman–Crippen LogP) is 4.43. The summed E-state index contributed by atoms with van der Waals surface area (Å²) in [6.07, 6.45) is 0. The van der Waals surface area contributed by atoms with E-state index >= 15 is 0 Å². The second kappa shape index (κ2) is 8.33. The Balaban J connectivity index is 1.72. The molecule has 158 valence electrons. The van der Waals surface area contributed by atoms with Gasteiger partial charge in [0.05, 0.1) is 0 Å². The van der Waals surface area contributed by atoms with E-state index in [0.717, 1.165) is 0 Å². The number of para-hydroxylation sites is 1. The standard InChI is InChI=1S/C22H24N2O5S/c1-22(2,3)23-30(26,27)20-15-14-19(29-20)21(25)24(4)16-10-12-18(13-11-16)28-17-8-6-5-7-9-17/h5-15,23H,1-4H3. The Kier molecular flexibility index (Phi) is 6.00. The highest BCUT2D eigenvalue weighted by Gasteiger charge is 2.27. The van der Waals surface area contributed by atoms with Gasteiger partial charge >= 0.3 is 0 Å². The summed E-state index contributed by atoms with van der Waals surface area (Å²) in [5, 5.41) is -0.305. The Labute approximate surface area is 176 Å². The van der Waals surface area contributed by atoms with E-state index in [9.17, 15) is 13.2 Å². The predicted molar refractivity (Wildman–Crippen MR) is 114 cm³/mol. The molecule has 0 aliphatic rings. The van der Waals surface area contributed by atoms with Crippen molar-refractivity contribution in [1.29, 1.82) is 0 Å². The molecular formula is C22H24N2O5S. The fraction of sp³-hybridized carbons (Fsp3) is 0.227. The summed E-state index contributed by atoms with van der Waals surface area (Å²) in [6, 6.07) is 18.9. The number of rotatable bonds is 6. The first-order valence-electron chi connectivity index (χ1n) is 9.30. The van der Waals surface area contributed by atoms with Gasteiger partial charge in [0, 0.05) is 18.3 Å². The zero-order chi connectivity index (χ0) is 21.9. The molecule has 1 heterocycles. The van der Waals surface area contributed by atoms with Crippen molar-refractivity contribution in [1.82, 2.24) is 4.72 Å². The molecule has 0 saturated heterocycles. The Hall–Kier alpha value is -3.10. The molecule has 0 unspecified atom stereocenters. The molecule has 0 spiro atoms. The lowest BCUT2D eigenvalue weighted by Gasteiger charge is -2.19. The molecule has 1 N–H and O–H groups in total. The number of amides is 1. The first-order valence-corrected chi connectivity index (χ1v) is 10.8. The number of ether oxygens (including phenoxy) is 1. The van der Waals surface area contributed by atoms with Crippen LogP contribution in [0.5, 0.6) is 11.5 Å². The van der Waals surface area contributed by atoms with Crippen molar-refractivity contribution in [2.75, 3.05) is 11.9 Å². The fourth-order valence-corrected chi connectivity index (χ4v) is 4.03. The maximum absolute atomic E-state index is 12.7. The molecule has 0 atom stereocenters. The van der Waals surface area contributed by atoms with Crippen LogP contribution < -0.4 is 14.4 Å². The quantitative estimate of drug-likeness (QED) is 0.628. The number of sulfonamides is 1. The van der Waals surface area contributed by atoms with Gasteiger partial charge < -0.3 is 14.1 Å². The minimum absolute atomic E-state index is 0.0728. The number of carbonyl (C=O) groups is 1. The molecule has 0 saturated carbocycles. The number of nitrogens with one attached hydrogen (secondary N) is 1. The van der Waals surface area contributed by atoms with Gasteiger partial charge in [-0.1, -0.05) is 18.2 Å². The number of benzene rings is 2. The number of carbonyl (C=O) groups excluding carboxylic acids is 1. The van der Waals surface area contributed by atoms with Crippen LogP contribution in [0.25, 0.3) is 0 Å². The van der Waals surface area contributed by atoms with Crippen LogP contribution >= 0.6 is 0 Å². The molecule has 7 nitrogen and oxygen atoms in total. The molecule has 0 aliphatic heterocycles. The first kappa shape index (κ1) is 21.6. The van der Waals surface area contributed by atoms with Gasteiger partial charge in [0.2, 0.25) is 5.09 Å². The summed E-state index contributed by atoms with van der Waals surface area (Å²) in [4.78, 5) is 14.1. The van der Waals surface area contributed by atoms with Crippen molar-refractivity contribution in [2.24, 2.45) is 0 Å².